The molecule has 2 aromatic rings. The second-order valence-electron chi connectivity index (χ2n) is 6.54. The van der Waals surface area contributed by atoms with Gasteiger partial charge in [-0.1, -0.05) is 0 Å². The van der Waals surface area contributed by atoms with E-state index in [1.807, 2.05) is 23.6 Å². The zero-order valence-electron chi connectivity index (χ0n) is 14.3. The first-order valence-electron chi connectivity index (χ1n) is 8.51. The zero-order valence-corrected chi connectivity index (χ0v) is 15.1. The van der Waals surface area contributed by atoms with Crippen molar-refractivity contribution < 1.29 is 19.1 Å². The Morgan fingerprint density at radius 3 is 2.92 bits per heavy atom. The molecule has 0 radical (unpaired) electrons. The maximum atomic E-state index is 12.6. The van der Waals surface area contributed by atoms with Crippen LogP contribution in [0.2, 0.25) is 0 Å². The van der Waals surface area contributed by atoms with E-state index in [-0.39, 0.29) is 11.8 Å². The van der Waals surface area contributed by atoms with Crippen molar-refractivity contribution >= 4 is 28.3 Å². The summed E-state index contributed by atoms with van der Waals surface area (Å²) in [5.74, 6) is 0.862. The quantitative estimate of drug-likeness (QED) is 0.807. The standard InChI is InChI=1S/C18H19N3O4S/c1-18(5-2-6-19-15(18)22)16(23)21-17-20-12(10-26-17)11-3-4-13-14(9-11)25-8-7-24-13/h3-4,9-10H,2,5-8H2,1H3,(H,19,22)(H,20,21,23)/t18-/m1/s1. The van der Waals surface area contributed by atoms with Crippen molar-refractivity contribution in [1.82, 2.24) is 10.3 Å². The molecule has 2 N–H and O–H groups in total. The van der Waals surface area contributed by atoms with Crippen LogP contribution in [0.4, 0.5) is 5.13 Å². The van der Waals surface area contributed by atoms with E-state index in [1.165, 1.54) is 11.3 Å². The van der Waals surface area contributed by atoms with E-state index < -0.39 is 5.41 Å². The number of aromatic nitrogens is 1. The molecule has 2 aliphatic heterocycles. The van der Waals surface area contributed by atoms with Gasteiger partial charge in [0, 0.05) is 17.5 Å². The highest BCUT2D eigenvalue weighted by atomic mass is 32.1. The van der Waals surface area contributed by atoms with Crippen molar-refractivity contribution in [3.63, 3.8) is 0 Å². The number of nitrogens with zero attached hydrogens (tertiary/aromatic N) is 1. The van der Waals surface area contributed by atoms with Gasteiger partial charge in [-0.15, -0.1) is 11.3 Å². The van der Waals surface area contributed by atoms with Crippen LogP contribution in [-0.2, 0) is 9.59 Å². The minimum Gasteiger partial charge on any atom is -0.486 e. The Labute approximate surface area is 154 Å². The minimum absolute atomic E-state index is 0.232. The van der Waals surface area contributed by atoms with Crippen LogP contribution in [-0.4, -0.2) is 36.6 Å². The number of nitrogens with one attached hydrogen (secondary N) is 2. The van der Waals surface area contributed by atoms with Gasteiger partial charge in [0.25, 0.3) is 0 Å². The Kier molecular flexibility index (Phi) is 4.28. The van der Waals surface area contributed by atoms with Gasteiger partial charge in [-0.2, -0.15) is 0 Å². The lowest BCUT2D eigenvalue weighted by Gasteiger charge is -2.30. The van der Waals surface area contributed by atoms with Gasteiger partial charge in [0.15, 0.2) is 16.6 Å². The van der Waals surface area contributed by atoms with E-state index in [1.54, 1.807) is 6.92 Å². The van der Waals surface area contributed by atoms with Gasteiger partial charge < -0.3 is 20.1 Å². The zero-order chi connectivity index (χ0) is 18.1. The number of thiazole rings is 1. The third-order valence-corrected chi connectivity index (χ3v) is 5.46. The first kappa shape index (κ1) is 16.8. The molecule has 1 fully saturated rings. The molecule has 0 saturated carbocycles. The summed E-state index contributed by atoms with van der Waals surface area (Å²) < 4.78 is 11.1. The van der Waals surface area contributed by atoms with Crippen LogP contribution in [0.1, 0.15) is 19.8 Å². The normalized spacial score (nSPS) is 21.8. The van der Waals surface area contributed by atoms with E-state index in [0.29, 0.717) is 37.1 Å². The second kappa shape index (κ2) is 6.60. The van der Waals surface area contributed by atoms with Crippen molar-refractivity contribution in [3.8, 4) is 22.8 Å². The first-order chi connectivity index (χ1) is 12.6. The van der Waals surface area contributed by atoms with Crippen molar-refractivity contribution in [2.75, 3.05) is 25.1 Å². The van der Waals surface area contributed by atoms with E-state index in [4.69, 9.17) is 9.47 Å². The lowest BCUT2D eigenvalue weighted by atomic mass is 9.81. The predicted octanol–water partition coefficient (Wildman–Crippen LogP) is 2.44. The van der Waals surface area contributed by atoms with Gasteiger partial charge in [-0.05, 0) is 38.0 Å². The number of rotatable bonds is 3. The molecule has 7 nitrogen and oxygen atoms in total. The number of hydrogen-bond acceptors (Lipinski definition) is 6. The smallest absolute Gasteiger partial charge is 0.241 e. The summed E-state index contributed by atoms with van der Waals surface area (Å²) >= 11 is 1.33. The summed E-state index contributed by atoms with van der Waals surface area (Å²) in [6.07, 6.45) is 1.32. The highest BCUT2D eigenvalue weighted by Gasteiger charge is 2.42. The van der Waals surface area contributed by atoms with Crippen LogP contribution < -0.4 is 20.1 Å². The molecule has 1 aromatic heterocycles. The highest BCUT2D eigenvalue weighted by molar-refractivity contribution is 7.14. The molecule has 1 saturated heterocycles. The number of ether oxygens (including phenoxy) is 2. The summed E-state index contributed by atoms with van der Waals surface area (Å²) in [7, 11) is 0. The predicted molar refractivity (Wildman–Crippen MR) is 97.5 cm³/mol. The summed E-state index contributed by atoms with van der Waals surface area (Å²) in [5.41, 5.74) is 0.564. The molecule has 136 valence electrons. The molecule has 1 atom stereocenters. The fourth-order valence-electron chi connectivity index (χ4n) is 3.07. The fourth-order valence-corrected chi connectivity index (χ4v) is 3.79. The van der Waals surface area contributed by atoms with E-state index >= 15 is 0 Å². The van der Waals surface area contributed by atoms with Crippen molar-refractivity contribution in [3.05, 3.63) is 23.6 Å². The number of fused-ring (bicyclic) bond motifs is 1. The molecule has 0 spiro atoms. The Morgan fingerprint density at radius 2 is 2.12 bits per heavy atom. The molecule has 1 aromatic carbocycles. The number of anilines is 1. The largest absolute Gasteiger partial charge is 0.486 e. The maximum Gasteiger partial charge on any atom is 0.241 e. The third kappa shape index (κ3) is 3.01. The Morgan fingerprint density at radius 1 is 1.31 bits per heavy atom. The molecule has 0 aliphatic carbocycles. The van der Waals surface area contributed by atoms with Crippen LogP contribution in [0.5, 0.6) is 11.5 Å². The van der Waals surface area contributed by atoms with E-state index in [9.17, 15) is 9.59 Å². The molecular weight excluding hydrogens is 354 g/mol. The van der Waals surface area contributed by atoms with Crippen molar-refractivity contribution in [1.29, 1.82) is 0 Å². The molecule has 3 heterocycles. The minimum atomic E-state index is -1.05. The van der Waals surface area contributed by atoms with E-state index in [0.717, 1.165) is 23.4 Å². The number of amides is 2. The summed E-state index contributed by atoms with van der Waals surface area (Å²) in [5, 5.41) is 7.88. The van der Waals surface area contributed by atoms with Crippen molar-refractivity contribution in [2.45, 2.75) is 19.8 Å². The van der Waals surface area contributed by atoms with Crippen LogP contribution in [0.25, 0.3) is 11.3 Å². The lowest BCUT2D eigenvalue weighted by Crippen LogP contribution is -2.50. The Balaban J connectivity index is 1.51. The molecule has 0 bridgehead atoms. The lowest BCUT2D eigenvalue weighted by molar-refractivity contribution is -0.141. The van der Waals surface area contributed by atoms with Crippen LogP contribution >= 0.6 is 11.3 Å². The summed E-state index contributed by atoms with van der Waals surface area (Å²) in [6.45, 7) is 3.36. The van der Waals surface area contributed by atoms with Gasteiger partial charge in [0.2, 0.25) is 11.8 Å². The van der Waals surface area contributed by atoms with Gasteiger partial charge in [-0.25, -0.2) is 4.98 Å². The SMILES string of the molecule is C[C@@]1(C(=O)Nc2nc(-c3ccc4c(c3)OCCO4)cs2)CCCNC1=O. The average molecular weight is 373 g/mol. The first-order valence-corrected chi connectivity index (χ1v) is 9.39. The van der Waals surface area contributed by atoms with Gasteiger partial charge >= 0.3 is 0 Å². The second-order valence-corrected chi connectivity index (χ2v) is 7.40. The van der Waals surface area contributed by atoms with E-state index in [2.05, 4.69) is 15.6 Å². The van der Waals surface area contributed by atoms with Crippen molar-refractivity contribution in [2.24, 2.45) is 5.41 Å². The molecule has 2 amide bonds. The summed E-state index contributed by atoms with van der Waals surface area (Å²) in [6, 6.07) is 5.64. The Hall–Kier alpha value is -2.61. The van der Waals surface area contributed by atoms with Crippen LogP contribution in [0.3, 0.4) is 0 Å². The number of carbonyl (C=O) groups excluding carboxylic acids is 2. The molecule has 26 heavy (non-hydrogen) atoms. The average Bonchev–Trinajstić information content (AvgIpc) is 3.12. The maximum absolute atomic E-state index is 12.6. The molecule has 0 unspecified atom stereocenters. The molecule has 2 aliphatic rings. The monoisotopic (exact) mass is 373 g/mol. The number of hydrogen-bond donors (Lipinski definition) is 2. The summed E-state index contributed by atoms with van der Waals surface area (Å²) in [4.78, 5) is 29.2. The number of benzene rings is 1. The third-order valence-electron chi connectivity index (χ3n) is 4.70. The highest BCUT2D eigenvalue weighted by Crippen LogP contribution is 2.36. The molecule has 8 heteroatoms. The van der Waals surface area contributed by atoms with Gasteiger partial charge in [0.05, 0.1) is 5.69 Å². The molecule has 4 rings (SSSR count). The number of carbonyl (C=O) groups is 2. The fraction of sp³-hybridized carbons (Fsp3) is 0.389. The van der Waals surface area contributed by atoms with Crippen LogP contribution in [0.15, 0.2) is 23.6 Å². The number of piperidine rings is 1. The van der Waals surface area contributed by atoms with Gasteiger partial charge in [-0.3, -0.25) is 9.59 Å². The topological polar surface area (TPSA) is 89.6 Å². The molecular formula is C18H19N3O4S. The van der Waals surface area contributed by atoms with Crippen LogP contribution in [0, 0.1) is 5.41 Å². The van der Waals surface area contributed by atoms with Gasteiger partial charge in [0.1, 0.15) is 18.6 Å². The Bertz CT molecular complexity index is 866.